The third-order valence-electron chi connectivity index (χ3n) is 3.66. The Bertz CT molecular complexity index is 597. The van der Waals surface area contributed by atoms with E-state index in [0.717, 1.165) is 28.1 Å². The Morgan fingerprint density at radius 2 is 1.78 bits per heavy atom. The van der Waals surface area contributed by atoms with E-state index >= 15 is 0 Å². The SMILES string of the molecule is C=CC.C=CC1=C(N(C)/C(C)=C(\C)C=C)C=C(C(C)=O)CC=C1. The normalized spacial score (nSPS) is 14.6. The first-order chi connectivity index (χ1) is 10.8. The summed E-state index contributed by atoms with van der Waals surface area (Å²) in [5.41, 5.74) is 5.01. The highest BCUT2D eigenvalue weighted by atomic mass is 16.1. The predicted octanol–water partition coefficient (Wildman–Crippen LogP) is 5.51. The van der Waals surface area contributed by atoms with Crippen molar-refractivity contribution in [1.29, 1.82) is 0 Å². The van der Waals surface area contributed by atoms with E-state index in [1.54, 1.807) is 13.0 Å². The van der Waals surface area contributed by atoms with Gasteiger partial charge in [-0.25, -0.2) is 0 Å². The molecule has 0 saturated carbocycles. The van der Waals surface area contributed by atoms with Crippen LogP contribution in [0, 0.1) is 0 Å². The van der Waals surface area contributed by atoms with Crippen molar-refractivity contribution < 1.29 is 4.79 Å². The second kappa shape index (κ2) is 10.4. The zero-order chi connectivity index (χ0) is 18.0. The van der Waals surface area contributed by atoms with Gasteiger partial charge in [-0.2, -0.15) is 0 Å². The highest BCUT2D eigenvalue weighted by molar-refractivity contribution is 5.94. The maximum Gasteiger partial charge on any atom is 0.156 e. The molecule has 1 rings (SSSR count). The maximum absolute atomic E-state index is 11.7. The van der Waals surface area contributed by atoms with E-state index in [1.165, 1.54) is 0 Å². The average Bonchev–Trinajstić information content (AvgIpc) is 2.75. The van der Waals surface area contributed by atoms with E-state index in [2.05, 4.69) is 24.6 Å². The second-order valence-corrected chi connectivity index (χ2v) is 5.32. The molecule has 0 saturated heterocycles. The smallest absolute Gasteiger partial charge is 0.156 e. The summed E-state index contributed by atoms with van der Waals surface area (Å²) < 4.78 is 0. The zero-order valence-electron chi connectivity index (χ0n) is 15.1. The van der Waals surface area contributed by atoms with Crippen LogP contribution in [-0.4, -0.2) is 17.7 Å². The van der Waals surface area contributed by atoms with Gasteiger partial charge in [0.25, 0.3) is 0 Å². The van der Waals surface area contributed by atoms with Gasteiger partial charge in [-0.05, 0) is 51.3 Å². The molecule has 0 spiro atoms. The van der Waals surface area contributed by atoms with Crippen molar-refractivity contribution in [1.82, 2.24) is 4.90 Å². The van der Waals surface area contributed by atoms with Crippen molar-refractivity contribution in [3.8, 4) is 0 Å². The lowest BCUT2D eigenvalue weighted by Crippen LogP contribution is -2.17. The Balaban J connectivity index is 0.00000149. The van der Waals surface area contributed by atoms with E-state index < -0.39 is 0 Å². The number of hydrogen-bond donors (Lipinski definition) is 0. The minimum atomic E-state index is 0.105. The summed E-state index contributed by atoms with van der Waals surface area (Å²) in [6.45, 7) is 18.6. The first-order valence-corrected chi connectivity index (χ1v) is 7.69. The molecule has 124 valence electrons. The molecule has 0 aromatic carbocycles. The summed E-state index contributed by atoms with van der Waals surface area (Å²) in [5, 5.41) is 0. The Labute approximate surface area is 141 Å². The Hall–Kier alpha value is -2.35. The van der Waals surface area contributed by atoms with Crippen molar-refractivity contribution in [3.05, 3.63) is 84.3 Å². The zero-order valence-corrected chi connectivity index (χ0v) is 15.1. The molecular weight excluding hydrogens is 282 g/mol. The molecule has 0 N–H and O–H groups in total. The third kappa shape index (κ3) is 6.11. The second-order valence-electron chi connectivity index (χ2n) is 5.32. The summed E-state index contributed by atoms with van der Waals surface area (Å²) in [7, 11) is 1.99. The molecule has 2 nitrogen and oxygen atoms in total. The molecule has 0 aromatic heterocycles. The Kier molecular flexibility index (Phi) is 9.33. The third-order valence-corrected chi connectivity index (χ3v) is 3.66. The molecule has 0 fully saturated rings. The van der Waals surface area contributed by atoms with Crippen LogP contribution in [-0.2, 0) is 4.79 Å². The molecule has 0 radical (unpaired) electrons. The highest BCUT2D eigenvalue weighted by Gasteiger charge is 2.14. The molecular formula is C21H29NO. The van der Waals surface area contributed by atoms with E-state index in [1.807, 2.05) is 58.2 Å². The lowest BCUT2D eigenvalue weighted by Gasteiger charge is -2.24. The Morgan fingerprint density at radius 3 is 2.22 bits per heavy atom. The van der Waals surface area contributed by atoms with Gasteiger partial charge < -0.3 is 4.90 Å². The largest absolute Gasteiger partial charge is 0.348 e. The standard InChI is InChI=1S/C18H23NO.C3H6/c1-7-13(3)14(4)19(6)18-12-17(15(5)20)11-9-10-16(18)8-2;1-3-2/h7-10,12H,1-2,11H2,3-6H3;3H,1H2,2H3/b14-13+;. The first-order valence-electron chi connectivity index (χ1n) is 7.69. The Morgan fingerprint density at radius 1 is 1.22 bits per heavy atom. The molecule has 2 heteroatoms. The van der Waals surface area contributed by atoms with Crippen molar-refractivity contribution >= 4 is 5.78 Å². The van der Waals surface area contributed by atoms with Gasteiger partial charge in [-0.15, -0.1) is 6.58 Å². The molecule has 1 aliphatic carbocycles. The van der Waals surface area contributed by atoms with Crippen molar-refractivity contribution in [2.45, 2.75) is 34.1 Å². The average molecular weight is 311 g/mol. The van der Waals surface area contributed by atoms with E-state index in [-0.39, 0.29) is 5.78 Å². The topological polar surface area (TPSA) is 20.3 Å². The first kappa shape index (κ1) is 20.7. The number of carbonyl (C=O) groups excluding carboxylic acids is 1. The number of ketones is 1. The fourth-order valence-electron chi connectivity index (χ4n) is 2.01. The molecule has 0 atom stereocenters. The number of nitrogens with zero attached hydrogens (tertiary/aromatic N) is 1. The molecule has 0 aliphatic heterocycles. The summed E-state index contributed by atoms with van der Waals surface area (Å²) in [6, 6.07) is 0. The molecule has 0 aromatic rings. The van der Waals surface area contributed by atoms with E-state index in [4.69, 9.17) is 0 Å². The van der Waals surface area contributed by atoms with Gasteiger partial charge in [0.2, 0.25) is 0 Å². The van der Waals surface area contributed by atoms with Crippen molar-refractivity contribution in [2.75, 3.05) is 7.05 Å². The molecule has 0 amide bonds. The number of rotatable bonds is 5. The fraction of sp³-hybridized carbons (Fsp3) is 0.286. The van der Waals surface area contributed by atoms with Gasteiger partial charge in [0.1, 0.15) is 0 Å². The van der Waals surface area contributed by atoms with Crippen LogP contribution < -0.4 is 0 Å². The van der Waals surface area contributed by atoms with Crippen LogP contribution in [0.25, 0.3) is 0 Å². The molecule has 1 aliphatic rings. The van der Waals surface area contributed by atoms with Crippen LogP contribution in [0.1, 0.15) is 34.1 Å². The van der Waals surface area contributed by atoms with Crippen molar-refractivity contribution in [3.63, 3.8) is 0 Å². The number of Topliss-reactive ketones (excluding diaryl/α,β-unsaturated/α-hetero) is 1. The fourth-order valence-corrected chi connectivity index (χ4v) is 2.01. The van der Waals surface area contributed by atoms with Gasteiger partial charge in [0.05, 0.1) is 0 Å². The number of carbonyl (C=O) groups is 1. The van der Waals surface area contributed by atoms with E-state index in [9.17, 15) is 4.79 Å². The van der Waals surface area contributed by atoms with Crippen LogP contribution in [0.15, 0.2) is 84.3 Å². The van der Waals surface area contributed by atoms with E-state index in [0.29, 0.717) is 6.42 Å². The van der Waals surface area contributed by atoms with Gasteiger partial charge in [-0.1, -0.05) is 43.5 Å². The summed E-state index contributed by atoms with van der Waals surface area (Å²) >= 11 is 0. The minimum absolute atomic E-state index is 0.105. The lowest BCUT2D eigenvalue weighted by atomic mass is 10.1. The summed E-state index contributed by atoms with van der Waals surface area (Å²) in [6.07, 6.45) is 12.0. The van der Waals surface area contributed by atoms with Crippen LogP contribution >= 0.6 is 0 Å². The summed E-state index contributed by atoms with van der Waals surface area (Å²) in [5.74, 6) is 0.105. The lowest BCUT2D eigenvalue weighted by molar-refractivity contribution is -0.113. The van der Waals surface area contributed by atoms with Crippen LogP contribution in [0.4, 0.5) is 0 Å². The van der Waals surface area contributed by atoms with Gasteiger partial charge in [-0.3, -0.25) is 4.79 Å². The number of hydrogen-bond acceptors (Lipinski definition) is 2. The number of likely N-dealkylation sites (N-methyl/N-ethyl adjacent to an activating group) is 1. The van der Waals surface area contributed by atoms with Crippen LogP contribution in [0.5, 0.6) is 0 Å². The predicted molar refractivity (Wildman–Crippen MR) is 102 cm³/mol. The van der Waals surface area contributed by atoms with Crippen LogP contribution in [0.3, 0.4) is 0 Å². The molecule has 0 unspecified atom stereocenters. The number of allylic oxidation sites excluding steroid dienone is 10. The van der Waals surface area contributed by atoms with Gasteiger partial charge in [0, 0.05) is 24.0 Å². The van der Waals surface area contributed by atoms with Gasteiger partial charge >= 0.3 is 0 Å². The molecule has 0 heterocycles. The summed E-state index contributed by atoms with van der Waals surface area (Å²) in [4.78, 5) is 13.8. The maximum atomic E-state index is 11.7. The molecule has 0 bridgehead atoms. The van der Waals surface area contributed by atoms with Crippen molar-refractivity contribution in [2.24, 2.45) is 0 Å². The molecule has 23 heavy (non-hydrogen) atoms. The monoisotopic (exact) mass is 311 g/mol. The quantitative estimate of drug-likeness (QED) is 0.493. The van der Waals surface area contributed by atoms with Gasteiger partial charge in [0.15, 0.2) is 5.78 Å². The highest BCUT2D eigenvalue weighted by Crippen LogP contribution is 2.25. The minimum Gasteiger partial charge on any atom is -0.348 e. The van der Waals surface area contributed by atoms with Crippen LogP contribution in [0.2, 0.25) is 0 Å².